The molecule has 0 atom stereocenters. The van der Waals surface area contributed by atoms with Gasteiger partial charge in [0, 0.05) is 14.0 Å². The van der Waals surface area contributed by atoms with Gasteiger partial charge in [-0.25, -0.2) is 0 Å². The molecule has 1 amide bonds. The molecule has 0 radical (unpaired) electrons. The fourth-order valence-corrected chi connectivity index (χ4v) is 1.01. The van der Waals surface area contributed by atoms with Gasteiger partial charge in [-0.3, -0.25) is 9.48 Å². The number of aromatic nitrogens is 2. The highest BCUT2D eigenvalue weighted by Gasteiger charge is 2.15. The van der Waals surface area contributed by atoms with Crippen LogP contribution in [-0.2, 0) is 11.8 Å². The van der Waals surface area contributed by atoms with Crippen molar-refractivity contribution in [2.24, 2.45) is 7.05 Å². The summed E-state index contributed by atoms with van der Waals surface area (Å²) in [6, 6.07) is 3.66. The topological polar surface area (TPSA) is 94.5 Å². The summed E-state index contributed by atoms with van der Waals surface area (Å²) in [5.74, 6) is -0.205. The molecule has 0 fully saturated rings. The molecule has 6 nitrogen and oxygen atoms in total. The molecule has 70 valence electrons. The summed E-state index contributed by atoms with van der Waals surface area (Å²) in [7, 11) is 1.53. The molecule has 0 saturated heterocycles. The van der Waals surface area contributed by atoms with Gasteiger partial charge in [0.2, 0.25) is 5.91 Å². The van der Waals surface area contributed by atoms with Crippen LogP contribution in [0.5, 0.6) is 0 Å². The number of nitrogens with zero attached hydrogens (tertiary/aromatic N) is 4. The van der Waals surface area contributed by atoms with Crippen LogP contribution in [0.25, 0.3) is 0 Å². The van der Waals surface area contributed by atoms with Gasteiger partial charge in [-0.2, -0.15) is 15.6 Å². The first kappa shape index (κ1) is 9.75. The lowest BCUT2D eigenvalue weighted by molar-refractivity contribution is -0.114. The monoisotopic (exact) mass is 189 g/mol. The third-order valence-corrected chi connectivity index (χ3v) is 1.56. The highest BCUT2D eigenvalue weighted by molar-refractivity contribution is 5.89. The second-order valence-corrected chi connectivity index (χ2v) is 2.60. The van der Waals surface area contributed by atoms with Crippen molar-refractivity contribution in [2.45, 2.75) is 6.92 Å². The number of carbonyl (C=O) groups is 1. The molecule has 1 N–H and O–H groups in total. The number of anilines is 1. The molecule has 0 aliphatic carbocycles. The summed E-state index contributed by atoms with van der Waals surface area (Å²) >= 11 is 0. The van der Waals surface area contributed by atoms with Gasteiger partial charge < -0.3 is 5.32 Å². The first-order chi connectivity index (χ1) is 6.60. The highest BCUT2D eigenvalue weighted by Crippen LogP contribution is 2.16. The van der Waals surface area contributed by atoms with Crippen molar-refractivity contribution in [3.05, 3.63) is 11.3 Å². The largest absolute Gasteiger partial charge is 0.308 e. The number of carbonyl (C=O) groups excluding carboxylic acids is 1. The first-order valence-corrected chi connectivity index (χ1v) is 3.75. The van der Waals surface area contributed by atoms with Crippen molar-refractivity contribution >= 4 is 11.7 Å². The molecule has 1 aromatic rings. The zero-order valence-electron chi connectivity index (χ0n) is 7.70. The van der Waals surface area contributed by atoms with E-state index in [0.717, 1.165) is 0 Å². The molecule has 0 spiro atoms. The van der Waals surface area contributed by atoms with Crippen LogP contribution in [0.1, 0.15) is 18.2 Å². The summed E-state index contributed by atoms with van der Waals surface area (Å²) in [5.41, 5.74) is 0.224. The van der Waals surface area contributed by atoms with E-state index >= 15 is 0 Å². The highest BCUT2D eigenvalue weighted by atomic mass is 16.1. The molecular weight excluding hydrogens is 182 g/mol. The van der Waals surface area contributed by atoms with Crippen LogP contribution in [0.15, 0.2) is 0 Å². The lowest BCUT2D eigenvalue weighted by Gasteiger charge is -1.94. The fourth-order valence-electron chi connectivity index (χ4n) is 1.01. The van der Waals surface area contributed by atoms with Crippen molar-refractivity contribution in [1.82, 2.24) is 9.78 Å². The Labute approximate surface area is 80.4 Å². The van der Waals surface area contributed by atoms with E-state index < -0.39 is 0 Å². The van der Waals surface area contributed by atoms with Crippen molar-refractivity contribution in [2.75, 3.05) is 5.32 Å². The van der Waals surface area contributed by atoms with Crippen molar-refractivity contribution in [1.29, 1.82) is 10.5 Å². The number of nitrogens with one attached hydrogen (secondary N) is 1. The summed E-state index contributed by atoms with van der Waals surface area (Å²) in [6.45, 7) is 1.31. The van der Waals surface area contributed by atoms with E-state index in [0.29, 0.717) is 0 Å². The smallest absolute Gasteiger partial charge is 0.222 e. The lowest BCUT2D eigenvalue weighted by Crippen LogP contribution is -2.07. The molecule has 0 aliphatic heterocycles. The fraction of sp³-hybridized carbons (Fsp3) is 0.250. The molecule has 6 heteroatoms. The molecule has 0 bridgehead atoms. The SMILES string of the molecule is CC(=O)Nc1nn(C)c(C#N)c1C#N. The summed E-state index contributed by atoms with van der Waals surface area (Å²) < 4.78 is 1.25. The van der Waals surface area contributed by atoms with Gasteiger partial charge in [-0.15, -0.1) is 0 Å². The van der Waals surface area contributed by atoms with E-state index in [1.54, 1.807) is 0 Å². The predicted molar refractivity (Wildman–Crippen MR) is 46.9 cm³/mol. The second-order valence-electron chi connectivity index (χ2n) is 2.60. The van der Waals surface area contributed by atoms with E-state index in [1.165, 1.54) is 18.7 Å². The van der Waals surface area contributed by atoms with E-state index in [4.69, 9.17) is 10.5 Å². The molecule has 1 rings (SSSR count). The quantitative estimate of drug-likeness (QED) is 0.678. The Balaban J connectivity index is 3.28. The predicted octanol–water partition coefficient (Wildman–Crippen LogP) is 0.122. The Morgan fingerprint density at radius 2 is 2.14 bits per heavy atom. The zero-order valence-corrected chi connectivity index (χ0v) is 7.70. The van der Waals surface area contributed by atoms with E-state index in [2.05, 4.69) is 10.4 Å². The summed E-state index contributed by atoms with van der Waals surface area (Å²) in [4.78, 5) is 10.7. The molecule has 0 unspecified atom stereocenters. The third-order valence-electron chi connectivity index (χ3n) is 1.56. The Morgan fingerprint density at radius 3 is 2.57 bits per heavy atom. The number of hydrogen-bond acceptors (Lipinski definition) is 4. The van der Waals surface area contributed by atoms with Gasteiger partial charge in [-0.05, 0) is 0 Å². The second kappa shape index (κ2) is 3.58. The third kappa shape index (κ3) is 1.54. The molecular formula is C8H7N5O. The number of aryl methyl sites for hydroxylation is 1. The Bertz CT molecular complexity index is 459. The van der Waals surface area contributed by atoms with E-state index in [-0.39, 0.29) is 23.0 Å². The number of rotatable bonds is 1. The number of hydrogen-bond donors (Lipinski definition) is 1. The van der Waals surface area contributed by atoms with Crippen LogP contribution in [0.2, 0.25) is 0 Å². The zero-order chi connectivity index (χ0) is 10.7. The Hall–Kier alpha value is -2.34. The maximum absolute atomic E-state index is 10.7. The van der Waals surface area contributed by atoms with Gasteiger partial charge in [0.15, 0.2) is 11.5 Å². The van der Waals surface area contributed by atoms with Gasteiger partial charge in [0.1, 0.15) is 17.7 Å². The normalized spacial score (nSPS) is 8.86. The summed E-state index contributed by atoms with van der Waals surface area (Å²) in [5, 5.41) is 23.7. The minimum absolute atomic E-state index is 0.0881. The standard InChI is InChI=1S/C8H7N5O/c1-5(14)11-8-6(3-9)7(4-10)13(2)12-8/h1-2H3,(H,11,12,14). The van der Waals surface area contributed by atoms with Gasteiger partial charge in [0.05, 0.1) is 0 Å². The van der Waals surface area contributed by atoms with Crippen molar-refractivity contribution in [3.8, 4) is 12.1 Å². The van der Waals surface area contributed by atoms with Crippen LogP contribution in [-0.4, -0.2) is 15.7 Å². The van der Waals surface area contributed by atoms with Gasteiger partial charge >= 0.3 is 0 Å². The molecule has 0 saturated carbocycles. The average molecular weight is 189 g/mol. The van der Waals surface area contributed by atoms with Crippen LogP contribution in [0.3, 0.4) is 0 Å². The lowest BCUT2D eigenvalue weighted by atomic mass is 10.2. The minimum atomic E-state index is -0.330. The Morgan fingerprint density at radius 1 is 1.50 bits per heavy atom. The van der Waals surface area contributed by atoms with Crippen LogP contribution < -0.4 is 5.32 Å². The van der Waals surface area contributed by atoms with Crippen molar-refractivity contribution < 1.29 is 4.79 Å². The maximum atomic E-state index is 10.7. The summed E-state index contributed by atoms with van der Waals surface area (Å²) in [6.07, 6.45) is 0. The van der Waals surface area contributed by atoms with Crippen LogP contribution >= 0.6 is 0 Å². The van der Waals surface area contributed by atoms with E-state index in [9.17, 15) is 4.79 Å². The number of amides is 1. The minimum Gasteiger partial charge on any atom is -0.308 e. The number of nitriles is 2. The molecule has 0 aromatic carbocycles. The van der Waals surface area contributed by atoms with Crippen LogP contribution in [0.4, 0.5) is 5.82 Å². The maximum Gasteiger partial charge on any atom is 0.222 e. The van der Waals surface area contributed by atoms with Gasteiger partial charge in [0.25, 0.3) is 0 Å². The molecule has 1 aromatic heterocycles. The van der Waals surface area contributed by atoms with E-state index in [1.807, 2.05) is 12.1 Å². The van der Waals surface area contributed by atoms with Gasteiger partial charge in [-0.1, -0.05) is 0 Å². The first-order valence-electron chi connectivity index (χ1n) is 3.75. The Kier molecular flexibility index (Phi) is 2.49. The van der Waals surface area contributed by atoms with Crippen LogP contribution in [0, 0.1) is 22.7 Å². The average Bonchev–Trinajstić information content (AvgIpc) is 2.39. The molecule has 1 heterocycles. The molecule has 0 aliphatic rings. The van der Waals surface area contributed by atoms with Crippen molar-refractivity contribution in [3.63, 3.8) is 0 Å². The molecule has 14 heavy (non-hydrogen) atoms.